The number of benzene rings is 1. The molecule has 0 saturated carbocycles. The molecule has 1 aliphatic heterocycles. The molecule has 0 aromatic heterocycles. The zero-order valence-corrected chi connectivity index (χ0v) is 18.7. The summed E-state index contributed by atoms with van der Waals surface area (Å²) in [5, 5.41) is 4.98. The summed E-state index contributed by atoms with van der Waals surface area (Å²) in [7, 11) is -3.77. The SMILES string of the molecule is CCOC(=O)C1=C(COC(=O)CCNS(=O)(=O)c2ccc(C)c(C)c2)NC(=O)N[C@@H]1C. The molecule has 2 amide bonds. The molecule has 0 unspecified atom stereocenters. The Labute approximate surface area is 181 Å². The summed E-state index contributed by atoms with van der Waals surface area (Å²) in [4.78, 5) is 36.0. The lowest BCUT2D eigenvalue weighted by molar-refractivity contribution is -0.143. The van der Waals surface area contributed by atoms with Crippen molar-refractivity contribution in [3.63, 3.8) is 0 Å². The Morgan fingerprint density at radius 3 is 2.52 bits per heavy atom. The molecule has 0 bridgehead atoms. The van der Waals surface area contributed by atoms with Crippen LogP contribution in [0.2, 0.25) is 0 Å². The first kappa shape index (κ1) is 24.4. The predicted molar refractivity (Wildman–Crippen MR) is 111 cm³/mol. The van der Waals surface area contributed by atoms with Gasteiger partial charge in [-0.3, -0.25) is 4.79 Å². The number of hydrogen-bond donors (Lipinski definition) is 3. The number of hydrogen-bond acceptors (Lipinski definition) is 7. The smallest absolute Gasteiger partial charge is 0.338 e. The van der Waals surface area contributed by atoms with Crippen LogP contribution in [0.4, 0.5) is 4.79 Å². The van der Waals surface area contributed by atoms with Crippen molar-refractivity contribution < 1.29 is 32.3 Å². The van der Waals surface area contributed by atoms with Gasteiger partial charge >= 0.3 is 18.0 Å². The molecule has 0 fully saturated rings. The monoisotopic (exact) mass is 453 g/mol. The van der Waals surface area contributed by atoms with Crippen LogP contribution in [0.1, 0.15) is 31.4 Å². The van der Waals surface area contributed by atoms with E-state index in [-0.39, 0.29) is 42.3 Å². The molecule has 3 N–H and O–H groups in total. The van der Waals surface area contributed by atoms with Gasteiger partial charge in [0.15, 0.2) is 0 Å². The van der Waals surface area contributed by atoms with Gasteiger partial charge in [0.05, 0.1) is 35.2 Å². The van der Waals surface area contributed by atoms with Gasteiger partial charge in [0.2, 0.25) is 10.0 Å². The Hall–Kier alpha value is -2.92. The van der Waals surface area contributed by atoms with Crippen molar-refractivity contribution in [2.24, 2.45) is 0 Å². The van der Waals surface area contributed by atoms with E-state index in [2.05, 4.69) is 15.4 Å². The fourth-order valence-electron chi connectivity index (χ4n) is 2.87. The summed E-state index contributed by atoms with van der Waals surface area (Å²) in [5.74, 6) is -1.33. The van der Waals surface area contributed by atoms with E-state index in [4.69, 9.17) is 9.47 Å². The molecule has 10 nitrogen and oxygen atoms in total. The molecular weight excluding hydrogens is 426 g/mol. The number of esters is 2. The van der Waals surface area contributed by atoms with Crippen LogP contribution in [-0.2, 0) is 29.1 Å². The molecule has 170 valence electrons. The Morgan fingerprint density at radius 2 is 1.87 bits per heavy atom. The summed E-state index contributed by atoms with van der Waals surface area (Å²) in [6.07, 6.45) is -0.228. The first-order chi connectivity index (χ1) is 14.5. The number of amides is 2. The molecule has 11 heteroatoms. The standard InChI is InChI=1S/C20H27N3O7S/c1-5-29-19(25)18-14(4)22-20(26)23-16(18)11-30-17(24)8-9-21-31(27,28)15-7-6-12(2)13(3)10-15/h6-7,10,14,21H,5,8-9,11H2,1-4H3,(H2,22,23,26)/t14-/m1/s1. The zero-order valence-electron chi connectivity index (χ0n) is 17.9. The number of carbonyl (C=O) groups is 3. The fraction of sp³-hybridized carbons (Fsp3) is 0.450. The van der Waals surface area contributed by atoms with Crippen LogP contribution in [0.15, 0.2) is 34.4 Å². The van der Waals surface area contributed by atoms with Gasteiger partial charge in [-0.25, -0.2) is 22.7 Å². The average Bonchev–Trinajstić information content (AvgIpc) is 2.67. The van der Waals surface area contributed by atoms with Gasteiger partial charge in [-0.15, -0.1) is 0 Å². The van der Waals surface area contributed by atoms with Crippen LogP contribution in [0.5, 0.6) is 0 Å². The molecule has 0 radical (unpaired) electrons. The molecule has 0 spiro atoms. The maximum absolute atomic E-state index is 12.4. The van der Waals surface area contributed by atoms with Crippen molar-refractivity contribution in [1.82, 2.24) is 15.4 Å². The van der Waals surface area contributed by atoms with Crippen molar-refractivity contribution in [1.29, 1.82) is 0 Å². The minimum atomic E-state index is -3.77. The van der Waals surface area contributed by atoms with E-state index in [9.17, 15) is 22.8 Å². The summed E-state index contributed by atoms with van der Waals surface area (Å²) in [5.41, 5.74) is 2.09. The zero-order chi connectivity index (χ0) is 23.2. The van der Waals surface area contributed by atoms with Crippen molar-refractivity contribution in [3.05, 3.63) is 40.6 Å². The van der Waals surface area contributed by atoms with E-state index in [0.29, 0.717) is 0 Å². The molecule has 1 atom stereocenters. The van der Waals surface area contributed by atoms with E-state index >= 15 is 0 Å². The van der Waals surface area contributed by atoms with Crippen molar-refractivity contribution >= 4 is 28.0 Å². The Bertz CT molecular complexity index is 1000. The molecule has 31 heavy (non-hydrogen) atoms. The van der Waals surface area contributed by atoms with Crippen LogP contribution >= 0.6 is 0 Å². The maximum atomic E-state index is 12.4. The van der Waals surface area contributed by atoms with Gasteiger partial charge in [-0.05, 0) is 51.0 Å². The van der Waals surface area contributed by atoms with E-state index in [1.807, 2.05) is 13.8 Å². The molecular formula is C20H27N3O7S. The van der Waals surface area contributed by atoms with E-state index in [1.165, 1.54) is 6.07 Å². The summed E-state index contributed by atoms with van der Waals surface area (Å²) in [6, 6.07) is 3.61. The first-order valence-corrected chi connectivity index (χ1v) is 11.2. The van der Waals surface area contributed by atoms with Gasteiger partial charge < -0.3 is 20.1 Å². The van der Waals surface area contributed by atoms with Gasteiger partial charge in [-0.1, -0.05) is 6.07 Å². The third kappa shape index (κ3) is 6.53. The second-order valence-corrected chi connectivity index (χ2v) is 8.75. The number of urea groups is 1. The molecule has 1 aliphatic rings. The molecule has 0 aliphatic carbocycles. The number of rotatable bonds is 9. The number of ether oxygens (including phenoxy) is 2. The van der Waals surface area contributed by atoms with Gasteiger partial charge in [0, 0.05) is 6.54 Å². The summed E-state index contributed by atoms with van der Waals surface area (Å²) >= 11 is 0. The number of aryl methyl sites for hydroxylation is 2. The lowest BCUT2D eigenvalue weighted by Gasteiger charge is -2.26. The topological polar surface area (TPSA) is 140 Å². The molecule has 2 rings (SSSR count). The highest BCUT2D eigenvalue weighted by molar-refractivity contribution is 7.89. The van der Waals surface area contributed by atoms with Gasteiger partial charge in [-0.2, -0.15) is 0 Å². The Morgan fingerprint density at radius 1 is 1.16 bits per heavy atom. The first-order valence-electron chi connectivity index (χ1n) is 9.75. The van der Waals surface area contributed by atoms with E-state index in [1.54, 1.807) is 26.0 Å². The lowest BCUT2D eigenvalue weighted by atomic mass is 10.0. The lowest BCUT2D eigenvalue weighted by Crippen LogP contribution is -2.50. The second-order valence-electron chi connectivity index (χ2n) is 6.99. The third-order valence-electron chi connectivity index (χ3n) is 4.65. The fourth-order valence-corrected chi connectivity index (χ4v) is 3.99. The van der Waals surface area contributed by atoms with Crippen LogP contribution < -0.4 is 15.4 Å². The highest BCUT2D eigenvalue weighted by atomic mass is 32.2. The largest absolute Gasteiger partial charge is 0.463 e. The minimum Gasteiger partial charge on any atom is -0.463 e. The molecule has 1 heterocycles. The third-order valence-corrected chi connectivity index (χ3v) is 6.11. The Kier molecular flexibility index (Phi) is 8.17. The van der Waals surface area contributed by atoms with Gasteiger partial charge in [0.1, 0.15) is 6.61 Å². The molecule has 1 aromatic rings. The Balaban J connectivity index is 1.94. The van der Waals surface area contributed by atoms with Crippen LogP contribution in [-0.4, -0.2) is 52.2 Å². The summed E-state index contributed by atoms with van der Waals surface area (Å²) < 4.78 is 37.2. The van der Waals surface area contributed by atoms with Crippen LogP contribution in [0.3, 0.4) is 0 Å². The van der Waals surface area contributed by atoms with Crippen molar-refractivity contribution in [3.8, 4) is 0 Å². The van der Waals surface area contributed by atoms with E-state index in [0.717, 1.165) is 11.1 Å². The number of nitrogens with one attached hydrogen (secondary N) is 3. The average molecular weight is 454 g/mol. The van der Waals surface area contributed by atoms with Crippen molar-refractivity contribution in [2.45, 2.75) is 45.1 Å². The number of carbonyl (C=O) groups excluding carboxylic acids is 3. The quantitative estimate of drug-likeness (QED) is 0.475. The minimum absolute atomic E-state index is 0.111. The highest BCUT2D eigenvalue weighted by Gasteiger charge is 2.30. The van der Waals surface area contributed by atoms with Crippen molar-refractivity contribution in [2.75, 3.05) is 19.8 Å². The molecule has 1 aromatic carbocycles. The normalized spacial score (nSPS) is 16.4. The number of sulfonamides is 1. The van der Waals surface area contributed by atoms with Crippen LogP contribution in [0.25, 0.3) is 0 Å². The second kappa shape index (κ2) is 10.4. The molecule has 0 saturated heterocycles. The summed E-state index contributed by atoms with van der Waals surface area (Å²) in [6.45, 7) is 6.58. The van der Waals surface area contributed by atoms with E-state index < -0.39 is 34.0 Å². The van der Waals surface area contributed by atoms with Crippen LogP contribution in [0, 0.1) is 13.8 Å². The maximum Gasteiger partial charge on any atom is 0.338 e. The van der Waals surface area contributed by atoms with Gasteiger partial charge in [0.25, 0.3) is 0 Å². The predicted octanol–water partition coefficient (Wildman–Crippen LogP) is 1.03. The highest BCUT2D eigenvalue weighted by Crippen LogP contribution is 2.16.